The maximum atomic E-state index is 11.7. The number of carbonyl (C=O) groups is 1. The molecule has 0 aliphatic heterocycles. The minimum atomic E-state index is -0.473. The Morgan fingerprint density at radius 3 is 2.59 bits per heavy atom. The van der Waals surface area contributed by atoms with Gasteiger partial charge in [-0.3, -0.25) is 14.9 Å². The third kappa shape index (κ3) is 2.54. The average Bonchev–Trinajstić information content (AvgIpc) is 2.83. The molecule has 0 radical (unpaired) electrons. The molecule has 0 N–H and O–H groups in total. The summed E-state index contributed by atoms with van der Waals surface area (Å²) in [5, 5.41) is 14.3. The number of nitro benzene ring substituents is 1. The number of hydrogen-bond acceptors (Lipinski definition) is 4. The first-order valence-corrected chi connectivity index (χ1v) is 4.93. The Labute approximate surface area is 96.6 Å². The van der Waals surface area contributed by atoms with Crippen molar-refractivity contribution in [2.75, 3.05) is 0 Å². The summed E-state index contributed by atoms with van der Waals surface area (Å²) in [4.78, 5) is 21.6. The van der Waals surface area contributed by atoms with E-state index in [1.165, 1.54) is 23.0 Å². The second-order valence-corrected chi connectivity index (χ2v) is 3.44. The van der Waals surface area contributed by atoms with Gasteiger partial charge in [-0.1, -0.05) is 12.1 Å². The van der Waals surface area contributed by atoms with E-state index in [0.29, 0.717) is 0 Å². The number of rotatable bonds is 3. The molecule has 0 atom stereocenters. The van der Waals surface area contributed by atoms with E-state index < -0.39 is 4.92 Å². The summed E-state index contributed by atoms with van der Waals surface area (Å²) in [7, 11) is 0. The zero-order chi connectivity index (χ0) is 12.3. The number of hydrogen-bond donors (Lipinski definition) is 0. The van der Waals surface area contributed by atoms with E-state index >= 15 is 0 Å². The first kappa shape index (κ1) is 11.0. The van der Waals surface area contributed by atoms with Gasteiger partial charge in [0.1, 0.15) is 0 Å². The molecule has 1 aromatic heterocycles. The molecule has 0 spiro atoms. The lowest BCUT2D eigenvalue weighted by Crippen LogP contribution is -2.13. The Morgan fingerprint density at radius 2 is 2.06 bits per heavy atom. The van der Waals surface area contributed by atoms with Gasteiger partial charge >= 0.3 is 0 Å². The molecule has 0 aliphatic carbocycles. The summed E-state index contributed by atoms with van der Waals surface area (Å²) in [6.45, 7) is 0. The molecule has 6 nitrogen and oxygen atoms in total. The van der Waals surface area contributed by atoms with E-state index in [1.807, 2.05) is 0 Å². The fraction of sp³-hybridized carbons (Fsp3) is 0.0909. The highest BCUT2D eigenvalue weighted by Crippen LogP contribution is 2.12. The molecule has 1 heterocycles. The second-order valence-electron chi connectivity index (χ2n) is 3.44. The van der Waals surface area contributed by atoms with Crippen LogP contribution in [0.2, 0.25) is 0 Å². The molecule has 0 unspecified atom stereocenters. The quantitative estimate of drug-likeness (QED) is 0.594. The average molecular weight is 231 g/mol. The molecule has 86 valence electrons. The first-order valence-electron chi connectivity index (χ1n) is 4.93. The lowest BCUT2D eigenvalue weighted by atomic mass is 10.1. The van der Waals surface area contributed by atoms with Crippen LogP contribution in [-0.4, -0.2) is 20.6 Å². The zero-order valence-corrected chi connectivity index (χ0v) is 8.81. The van der Waals surface area contributed by atoms with Gasteiger partial charge in [-0.25, -0.2) is 4.68 Å². The van der Waals surface area contributed by atoms with Crippen molar-refractivity contribution < 1.29 is 9.72 Å². The summed E-state index contributed by atoms with van der Waals surface area (Å²) in [6, 6.07) is 7.56. The van der Waals surface area contributed by atoms with Crippen molar-refractivity contribution in [3.8, 4) is 0 Å². The number of carbonyl (C=O) groups excluding carboxylic acids is 1. The Kier molecular flexibility index (Phi) is 2.95. The van der Waals surface area contributed by atoms with E-state index in [2.05, 4.69) is 5.10 Å². The third-order valence-corrected chi connectivity index (χ3v) is 2.26. The van der Waals surface area contributed by atoms with Gasteiger partial charge in [-0.15, -0.1) is 0 Å². The van der Waals surface area contributed by atoms with Crippen LogP contribution in [0.15, 0.2) is 42.7 Å². The van der Waals surface area contributed by atoms with Gasteiger partial charge in [0.2, 0.25) is 0 Å². The number of non-ortho nitro benzene ring substituents is 1. The van der Waals surface area contributed by atoms with Gasteiger partial charge in [0.15, 0.2) is 0 Å². The van der Waals surface area contributed by atoms with E-state index in [0.717, 1.165) is 5.56 Å². The number of aromatic nitrogens is 2. The van der Waals surface area contributed by atoms with Crippen molar-refractivity contribution in [2.24, 2.45) is 0 Å². The third-order valence-electron chi connectivity index (χ3n) is 2.26. The zero-order valence-electron chi connectivity index (χ0n) is 8.81. The van der Waals surface area contributed by atoms with Gasteiger partial charge in [-0.2, -0.15) is 5.10 Å². The number of nitrogens with zero attached hydrogens (tertiary/aromatic N) is 3. The molecular weight excluding hydrogens is 222 g/mol. The van der Waals surface area contributed by atoms with Crippen molar-refractivity contribution in [3.63, 3.8) is 0 Å². The highest BCUT2D eigenvalue weighted by molar-refractivity contribution is 5.80. The maximum absolute atomic E-state index is 11.7. The van der Waals surface area contributed by atoms with Crippen LogP contribution < -0.4 is 0 Å². The summed E-state index contributed by atoms with van der Waals surface area (Å²) in [6.07, 6.45) is 3.25. The van der Waals surface area contributed by atoms with Gasteiger partial charge < -0.3 is 0 Å². The maximum Gasteiger partial charge on any atom is 0.269 e. The fourth-order valence-electron chi connectivity index (χ4n) is 1.41. The van der Waals surface area contributed by atoms with Crippen molar-refractivity contribution in [1.82, 2.24) is 9.78 Å². The molecule has 2 aromatic rings. The number of nitro groups is 1. The number of benzene rings is 1. The van der Waals surface area contributed by atoms with E-state index in [-0.39, 0.29) is 18.0 Å². The van der Waals surface area contributed by atoms with Crippen LogP contribution in [0.25, 0.3) is 0 Å². The van der Waals surface area contributed by atoms with Crippen molar-refractivity contribution >= 4 is 11.6 Å². The fourth-order valence-corrected chi connectivity index (χ4v) is 1.41. The predicted octanol–water partition coefficient (Wildman–Crippen LogP) is 1.67. The molecule has 6 heteroatoms. The summed E-state index contributed by atoms with van der Waals surface area (Å²) in [5.41, 5.74) is 0.733. The molecule has 0 fully saturated rings. The van der Waals surface area contributed by atoms with Crippen LogP contribution in [0.1, 0.15) is 10.4 Å². The van der Waals surface area contributed by atoms with Gasteiger partial charge in [0.25, 0.3) is 11.6 Å². The monoisotopic (exact) mass is 231 g/mol. The molecule has 0 amide bonds. The van der Waals surface area contributed by atoms with E-state index in [4.69, 9.17) is 0 Å². The van der Waals surface area contributed by atoms with Crippen LogP contribution >= 0.6 is 0 Å². The molecular formula is C11H9N3O3. The molecule has 17 heavy (non-hydrogen) atoms. The van der Waals surface area contributed by atoms with E-state index in [1.54, 1.807) is 24.4 Å². The van der Waals surface area contributed by atoms with Crippen molar-refractivity contribution in [1.29, 1.82) is 0 Å². The Morgan fingerprint density at radius 1 is 1.35 bits per heavy atom. The molecule has 0 aliphatic rings. The smallest absolute Gasteiger partial charge is 0.269 e. The molecule has 0 saturated carbocycles. The first-order chi connectivity index (χ1) is 8.16. The highest BCUT2D eigenvalue weighted by atomic mass is 16.6. The molecule has 0 bridgehead atoms. The topological polar surface area (TPSA) is 78.0 Å². The van der Waals surface area contributed by atoms with Crippen LogP contribution in [0.3, 0.4) is 0 Å². The lowest BCUT2D eigenvalue weighted by Gasteiger charge is -2.00. The normalized spacial score (nSPS) is 10.1. The minimum absolute atomic E-state index is 0.0142. The summed E-state index contributed by atoms with van der Waals surface area (Å²) >= 11 is 0. The largest absolute Gasteiger partial charge is 0.272 e. The predicted molar refractivity (Wildman–Crippen MR) is 59.7 cm³/mol. The van der Waals surface area contributed by atoms with Crippen LogP contribution in [-0.2, 0) is 6.42 Å². The summed E-state index contributed by atoms with van der Waals surface area (Å²) < 4.78 is 1.24. The van der Waals surface area contributed by atoms with Crippen molar-refractivity contribution in [3.05, 3.63) is 58.4 Å². The Bertz CT molecular complexity index is 532. The van der Waals surface area contributed by atoms with E-state index in [9.17, 15) is 14.9 Å². The highest BCUT2D eigenvalue weighted by Gasteiger charge is 2.08. The second kappa shape index (κ2) is 4.56. The van der Waals surface area contributed by atoms with Crippen LogP contribution in [0.4, 0.5) is 5.69 Å². The van der Waals surface area contributed by atoms with Crippen molar-refractivity contribution in [2.45, 2.75) is 6.42 Å². The van der Waals surface area contributed by atoms with Gasteiger partial charge in [0, 0.05) is 24.5 Å². The van der Waals surface area contributed by atoms with Gasteiger partial charge in [0.05, 0.1) is 11.3 Å². The SMILES string of the molecule is O=C(Cc1ccc([N+](=O)[O-])cc1)n1cccn1. The molecule has 1 aromatic carbocycles. The summed E-state index contributed by atoms with van der Waals surface area (Å²) in [5.74, 6) is -0.177. The lowest BCUT2D eigenvalue weighted by molar-refractivity contribution is -0.384. The molecule has 0 saturated heterocycles. The Hall–Kier alpha value is -2.50. The standard InChI is InChI=1S/C11H9N3O3/c15-11(13-7-1-6-12-13)8-9-2-4-10(5-3-9)14(16)17/h1-7H,8H2. The minimum Gasteiger partial charge on any atom is -0.272 e. The Balaban J connectivity index is 2.09. The van der Waals surface area contributed by atoms with Gasteiger partial charge in [-0.05, 0) is 11.6 Å². The molecule has 2 rings (SSSR count). The van der Waals surface area contributed by atoms with Crippen LogP contribution in [0.5, 0.6) is 0 Å². The van der Waals surface area contributed by atoms with Crippen LogP contribution in [0, 0.1) is 10.1 Å².